The van der Waals surface area contributed by atoms with Crippen LogP contribution in [0.25, 0.3) is 0 Å². The van der Waals surface area contributed by atoms with Gasteiger partial charge in [-0.3, -0.25) is 4.90 Å². The summed E-state index contributed by atoms with van der Waals surface area (Å²) in [5.41, 5.74) is 1.47. The van der Waals surface area contributed by atoms with Gasteiger partial charge in [-0.1, -0.05) is 30.3 Å². The van der Waals surface area contributed by atoms with Gasteiger partial charge in [-0.25, -0.2) is 0 Å². The van der Waals surface area contributed by atoms with Crippen molar-refractivity contribution >= 4 is 0 Å². The van der Waals surface area contributed by atoms with Gasteiger partial charge in [0.2, 0.25) is 0 Å². The molecule has 2 nitrogen and oxygen atoms in total. The molecule has 1 aromatic rings. The molecule has 1 saturated carbocycles. The monoisotopic (exact) mass is 244 g/mol. The fourth-order valence-corrected chi connectivity index (χ4v) is 2.93. The maximum absolute atomic E-state index is 3.68. The first kappa shape index (κ1) is 12.2. The molecule has 0 amide bonds. The van der Waals surface area contributed by atoms with Crippen LogP contribution in [0.15, 0.2) is 30.3 Å². The van der Waals surface area contributed by atoms with Crippen LogP contribution in [0.3, 0.4) is 0 Å². The number of likely N-dealkylation sites (tertiary alicyclic amines) is 1. The molecule has 1 saturated heterocycles. The Kier molecular flexibility index (Phi) is 3.96. The molecule has 3 rings (SSSR count). The molecule has 1 atom stereocenters. The van der Waals surface area contributed by atoms with Gasteiger partial charge in [-0.05, 0) is 56.8 Å². The van der Waals surface area contributed by atoms with Gasteiger partial charge in [0, 0.05) is 12.6 Å². The third-order valence-electron chi connectivity index (χ3n) is 4.23. The van der Waals surface area contributed by atoms with E-state index in [9.17, 15) is 0 Å². The Morgan fingerprint density at radius 3 is 2.50 bits per heavy atom. The van der Waals surface area contributed by atoms with Crippen molar-refractivity contribution in [2.45, 2.75) is 31.7 Å². The Balaban J connectivity index is 1.62. The molecule has 0 unspecified atom stereocenters. The predicted molar refractivity (Wildman–Crippen MR) is 75.6 cm³/mol. The van der Waals surface area contributed by atoms with Crippen molar-refractivity contribution in [3.05, 3.63) is 35.9 Å². The Labute approximate surface area is 110 Å². The zero-order valence-electron chi connectivity index (χ0n) is 11.1. The standard InChI is InChI=1S/C16H24N2/c1-2-6-15(7-3-1)16(18-10-4-5-11-18)13-17-12-14-8-9-14/h1-3,6-7,14,16-17H,4-5,8-13H2/t16-/m1/s1. The first-order valence-electron chi connectivity index (χ1n) is 7.43. The molecular formula is C16H24N2. The number of nitrogens with zero attached hydrogens (tertiary/aromatic N) is 1. The molecule has 1 aliphatic carbocycles. The Morgan fingerprint density at radius 2 is 1.83 bits per heavy atom. The molecule has 98 valence electrons. The molecule has 2 heteroatoms. The Hall–Kier alpha value is -0.860. The van der Waals surface area contributed by atoms with Gasteiger partial charge in [0.05, 0.1) is 0 Å². The van der Waals surface area contributed by atoms with E-state index in [-0.39, 0.29) is 0 Å². The van der Waals surface area contributed by atoms with Crippen LogP contribution in [0.5, 0.6) is 0 Å². The molecule has 0 aromatic heterocycles. The highest BCUT2D eigenvalue weighted by Gasteiger charge is 2.25. The maximum Gasteiger partial charge on any atom is 0.0472 e. The zero-order chi connectivity index (χ0) is 12.2. The van der Waals surface area contributed by atoms with Crippen LogP contribution in [-0.4, -0.2) is 31.1 Å². The lowest BCUT2D eigenvalue weighted by atomic mass is 10.1. The molecule has 1 N–H and O–H groups in total. The summed E-state index contributed by atoms with van der Waals surface area (Å²) in [6.07, 6.45) is 5.61. The summed E-state index contributed by atoms with van der Waals surface area (Å²) < 4.78 is 0. The quantitative estimate of drug-likeness (QED) is 0.828. The summed E-state index contributed by atoms with van der Waals surface area (Å²) in [4.78, 5) is 2.65. The zero-order valence-corrected chi connectivity index (χ0v) is 11.1. The third-order valence-corrected chi connectivity index (χ3v) is 4.23. The number of hydrogen-bond donors (Lipinski definition) is 1. The van der Waals surface area contributed by atoms with E-state index in [1.54, 1.807) is 0 Å². The van der Waals surface area contributed by atoms with Crippen LogP contribution < -0.4 is 5.32 Å². The molecule has 0 bridgehead atoms. The van der Waals surface area contributed by atoms with Crippen molar-refractivity contribution in [3.8, 4) is 0 Å². The van der Waals surface area contributed by atoms with Crippen molar-refractivity contribution in [2.24, 2.45) is 5.92 Å². The minimum atomic E-state index is 0.576. The number of hydrogen-bond acceptors (Lipinski definition) is 2. The first-order valence-corrected chi connectivity index (χ1v) is 7.43. The fraction of sp³-hybridized carbons (Fsp3) is 0.625. The van der Waals surface area contributed by atoms with Crippen molar-refractivity contribution in [2.75, 3.05) is 26.2 Å². The van der Waals surface area contributed by atoms with E-state index in [4.69, 9.17) is 0 Å². The van der Waals surface area contributed by atoms with Gasteiger partial charge in [0.25, 0.3) is 0 Å². The second kappa shape index (κ2) is 5.85. The van der Waals surface area contributed by atoms with E-state index in [1.807, 2.05) is 0 Å². The lowest BCUT2D eigenvalue weighted by Gasteiger charge is -2.28. The van der Waals surface area contributed by atoms with E-state index in [0.29, 0.717) is 6.04 Å². The largest absolute Gasteiger partial charge is 0.315 e. The second-order valence-corrected chi connectivity index (χ2v) is 5.77. The van der Waals surface area contributed by atoms with Crippen molar-refractivity contribution in [1.29, 1.82) is 0 Å². The topological polar surface area (TPSA) is 15.3 Å². The van der Waals surface area contributed by atoms with Crippen LogP contribution in [0, 0.1) is 5.92 Å². The summed E-state index contributed by atoms with van der Waals surface area (Å²) in [7, 11) is 0. The van der Waals surface area contributed by atoms with Gasteiger partial charge in [0.15, 0.2) is 0 Å². The van der Waals surface area contributed by atoms with Crippen molar-refractivity contribution in [1.82, 2.24) is 10.2 Å². The van der Waals surface area contributed by atoms with Crippen LogP contribution in [-0.2, 0) is 0 Å². The lowest BCUT2D eigenvalue weighted by molar-refractivity contribution is 0.238. The van der Waals surface area contributed by atoms with E-state index in [2.05, 4.69) is 40.5 Å². The average Bonchev–Trinajstić information content (AvgIpc) is 3.08. The minimum absolute atomic E-state index is 0.576. The van der Waals surface area contributed by atoms with Crippen LogP contribution in [0.4, 0.5) is 0 Å². The summed E-state index contributed by atoms with van der Waals surface area (Å²) in [6.45, 7) is 4.87. The SMILES string of the molecule is c1ccc([C@@H](CNCC2CC2)N2CCCC2)cc1. The first-order chi connectivity index (χ1) is 8.93. The smallest absolute Gasteiger partial charge is 0.0472 e. The van der Waals surface area contributed by atoms with Crippen LogP contribution in [0.2, 0.25) is 0 Å². The maximum atomic E-state index is 3.68. The van der Waals surface area contributed by atoms with Gasteiger partial charge in [-0.2, -0.15) is 0 Å². The molecule has 1 heterocycles. The number of rotatable bonds is 6. The highest BCUT2D eigenvalue weighted by molar-refractivity contribution is 5.19. The third kappa shape index (κ3) is 3.12. The van der Waals surface area contributed by atoms with E-state index in [1.165, 1.54) is 50.9 Å². The van der Waals surface area contributed by atoms with Crippen molar-refractivity contribution < 1.29 is 0 Å². The highest BCUT2D eigenvalue weighted by atomic mass is 15.2. The number of benzene rings is 1. The molecule has 0 radical (unpaired) electrons. The average molecular weight is 244 g/mol. The van der Waals surface area contributed by atoms with Gasteiger partial charge < -0.3 is 5.32 Å². The summed E-state index contributed by atoms with van der Waals surface area (Å²) in [5, 5.41) is 3.68. The van der Waals surface area contributed by atoms with Gasteiger partial charge in [-0.15, -0.1) is 0 Å². The van der Waals surface area contributed by atoms with Crippen LogP contribution >= 0.6 is 0 Å². The summed E-state index contributed by atoms with van der Waals surface area (Å²) in [6, 6.07) is 11.6. The predicted octanol–water partition coefficient (Wildman–Crippen LogP) is 2.82. The summed E-state index contributed by atoms with van der Waals surface area (Å²) in [5.74, 6) is 0.972. The van der Waals surface area contributed by atoms with Gasteiger partial charge in [0.1, 0.15) is 0 Å². The van der Waals surface area contributed by atoms with Gasteiger partial charge >= 0.3 is 0 Å². The number of nitrogens with one attached hydrogen (secondary N) is 1. The van der Waals surface area contributed by atoms with Crippen LogP contribution in [0.1, 0.15) is 37.3 Å². The van der Waals surface area contributed by atoms with Crippen molar-refractivity contribution in [3.63, 3.8) is 0 Å². The second-order valence-electron chi connectivity index (χ2n) is 5.77. The molecule has 1 aliphatic heterocycles. The molecule has 0 spiro atoms. The molecule has 2 fully saturated rings. The summed E-state index contributed by atoms with van der Waals surface area (Å²) >= 11 is 0. The Bertz CT molecular complexity index is 353. The molecular weight excluding hydrogens is 220 g/mol. The van der Waals surface area contributed by atoms with E-state index >= 15 is 0 Å². The fourth-order valence-electron chi connectivity index (χ4n) is 2.93. The molecule has 18 heavy (non-hydrogen) atoms. The Morgan fingerprint density at radius 1 is 1.11 bits per heavy atom. The molecule has 1 aromatic carbocycles. The van der Waals surface area contributed by atoms with E-state index in [0.717, 1.165) is 12.5 Å². The minimum Gasteiger partial charge on any atom is -0.315 e. The normalized spacial score (nSPS) is 22.2. The van der Waals surface area contributed by atoms with E-state index < -0.39 is 0 Å². The lowest BCUT2D eigenvalue weighted by Crippen LogP contribution is -2.34. The highest BCUT2D eigenvalue weighted by Crippen LogP contribution is 2.28. The molecule has 2 aliphatic rings.